The second-order valence-corrected chi connectivity index (χ2v) is 6.91. The van der Waals surface area contributed by atoms with Gasteiger partial charge in [-0.2, -0.15) is 13.2 Å². The molecule has 0 amide bonds. The van der Waals surface area contributed by atoms with Crippen molar-refractivity contribution in [1.29, 1.82) is 0 Å². The lowest BCUT2D eigenvalue weighted by Gasteiger charge is -2.38. The predicted octanol–water partition coefficient (Wildman–Crippen LogP) is 3.59. The Morgan fingerprint density at radius 3 is 2.20 bits per heavy atom. The molecule has 2 nitrogen and oxygen atoms in total. The highest BCUT2D eigenvalue weighted by Crippen LogP contribution is 2.31. The van der Waals surface area contributed by atoms with E-state index in [-0.39, 0.29) is 23.6 Å². The summed E-state index contributed by atoms with van der Waals surface area (Å²) >= 11 is 0. The van der Waals surface area contributed by atoms with E-state index in [0.717, 1.165) is 6.54 Å². The molecule has 0 aliphatic carbocycles. The molecule has 0 radical (unpaired) electrons. The summed E-state index contributed by atoms with van der Waals surface area (Å²) in [6, 6.07) is 0.264. The third kappa shape index (κ3) is 5.44. The third-order valence-electron chi connectivity index (χ3n) is 3.68. The Bertz CT molecular complexity index is 340. The van der Waals surface area contributed by atoms with Gasteiger partial charge in [0.15, 0.2) is 0 Å². The van der Waals surface area contributed by atoms with Crippen LogP contribution in [0.25, 0.3) is 0 Å². The molecule has 0 saturated carbocycles. The Hall–Kier alpha value is -0.550. The highest BCUT2D eigenvalue weighted by atomic mass is 19.4. The molecule has 1 heterocycles. The lowest BCUT2D eigenvalue weighted by molar-refractivity contribution is -0.0965. The average Bonchev–Trinajstić information content (AvgIpc) is 2.26. The Morgan fingerprint density at radius 1 is 1.25 bits per heavy atom. The van der Waals surface area contributed by atoms with Crippen LogP contribution in [0.3, 0.4) is 0 Å². The fourth-order valence-corrected chi connectivity index (χ4v) is 2.44. The summed E-state index contributed by atoms with van der Waals surface area (Å²) in [7, 11) is 0. The van der Waals surface area contributed by atoms with Gasteiger partial charge in [-0.3, -0.25) is 4.90 Å². The van der Waals surface area contributed by atoms with Crippen molar-refractivity contribution < 1.29 is 13.2 Å². The molecule has 118 valence electrons. The van der Waals surface area contributed by atoms with E-state index in [2.05, 4.69) is 44.8 Å². The maximum Gasteiger partial charge on any atom is 0.412 e. The van der Waals surface area contributed by atoms with Gasteiger partial charge in [0.2, 0.25) is 0 Å². The quantitative estimate of drug-likeness (QED) is 0.797. The molecule has 1 rings (SSSR count). The number of hydrogen-bond acceptors (Lipinski definition) is 2. The lowest BCUT2D eigenvalue weighted by Crippen LogP contribution is -2.51. The van der Waals surface area contributed by atoms with Gasteiger partial charge in [0, 0.05) is 36.8 Å². The highest BCUT2D eigenvalue weighted by molar-refractivity contribution is 5.13. The summed E-state index contributed by atoms with van der Waals surface area (Å²) in [5, 5.41) is 3.46. The van der Waals surface area contributed by atoms with Crippen molar-refractivity contribution in [1.82, 2.24) is 10.2 Å². The monoisotopic (exact) mass is 292 g/mol. The van der Waals surface area contributed by atoms with Crippen LogP contribution < -0.4 is 5.32 Å². The normalized spacial score (nSPS) is 20.1. The smallest absolute Gasteiger partial charge is 0.311 e. The minimum Gasteiger partial charge on any atom is -0.311 e. The summed E-state index contributed by atoms with van der Waals surface area (Å²) in [6.45, 7) is 12.2. The van der Waals surface area contributed by atoms with Gasteiger partial charge < -0.3 is 5.32 Å². The molecule has 20 heavy (non-hydrogen) atoms. The van der Waals surface area contributed by atoms with Crippen LogP contribution in [0, 0.1) is 5.92 Å². The van der Waals surface area contributed by atoms with Crippen LogP contribution >= 0.6 is 0 Å². The average molecular weight is 292 g/mol. The van der Waals surface area contributed by atoms with Crippen LogP contribution in [0.5, 0.6) is 0 Å². The molecule has 0 aromatic heterocycles. The molecule has 1 aliphatic rings. The van der Waals surface area contributed by atoms with Crippen LogP contribution in [-0.4, -0.2) is 42.3 Å². The Balaban J connectivity index is 2.65. The molecule has 0 aromatic carbocycles. The molecule has 0 fully saturated rings. The van der Waals surface area contributed by atoms with Crippen molar-refractivity contribution in [3.8, 4) is 0 Å². The zero-order valence-electron chi connectivity index (χ0n) is 13.1. The van der Waals surface area contributed by atoms with Gasteiger partial charge in [-0.15, -0.1) is 0 Å². The van der Waals surface area contributed by atoms with Gasteiger partial charge in [-0.05, 0) is 33.1 Å². The Morgan fingerprint density at radius 2 is 1.85 bits per heavy atom. The summed E-state index contributed by atoms with van der Waals surface area (Å²) in [5.41, 5.74) is -0.351. The lowest BCUT2D eigenvalue weighted by atomic mass is 9.97. The van der Waals surface area contributed by atoms with Crippen LogP contribution in [0.15, 0.2) is 11.6 Å². The summed E-state index contributed by atoms with van der Waals surface area (Å²) < 4.78 is 37.9. The molecule has 1 N–H and O–H groups in total. The second kappa shape index (κ2) is 6.48. The highest BCUT2D eigenvalue weighted by Gasteiger charge is 2.36. The summed E-state index contributed by atoms with van der Waals surface area (Å²) in [6.07, 6.45) is -2.72. The van der Waals surface area contributed by atoms with E-state index in [1.54, 1.807) is 0 Å². The van der Waals surface area contributed by atoms with E-state index < -0.39 is 6.18 Å². The van der Waals surface area contributed by atoms with Gasteiger partial charge in [0.25, 0.3) is 0 Å². The molecule has 0 aromatic rings. The molecular weight excluding hydrogens is 265 g/mol. The minimum absolute atomic E-state index is 0.0237. The molecule has 0 bridgehead atoms. The Labute approximate surface area is 120 Å². The molecule has 1 atom stereocenters. The van der Waals surface area contributed by atoms with E-state index in [9.17, 15) is 13.2 Å². The molecule has 1 aliphatic heterocycles. The molecule has 0 spiro atoms. The minimum atomic E-state index is -4.16. The number of halogens is 3. The molecule has 0 saturated heterocycles. The van der Waals surface area contributed by atoms with Crippen LogP contribution in [-0.2, 0) is 0 Å². The van der Waals surface area contributed by atoms with E-state index in [0.29, 0.717) is 19.0 Å². The first-order valence-corrected chi connectivity index (χ1v) is 7.26. The predicted molar refractivity (Wildman–Crippen MR) is 76.7 cm³/mol. The van der Waals surface area contributed by atoms with Crippen molar-refractivity contribution in [3.05, 3.63) is 11.6 Å². The number of alkyl halides is 3. The number of hydrogen-bond donors (Lipinski definition) is 1. The number of nitrogens with zero attached hydrogens (tertiary/aromatic N) is 1. The van der Waals surface area contributed by atoms with E-state index in [1.165, 1.54) is 6.08 Å². The van der Waals surface area contributed by atoms with Crippen molar-refractivity contribution in [3.63, 3.8) is 0 Å². The SMILES string of the molecule is CC(C)C(CNC(C)(C)C)N1CC=C(C(F)(F)F)CC1. The fourth-order valence-electron chi connectivity index (χ4n) is 2.44. The topological polar surface area (TPSA) is 15.3 Å². The summed E-state index contributed by atoms with van der Waals surface area (Å²) in [4.78, 5) is 2.15. The first-order chi connectivity index (χ1) is 9.00. The van der Waals surface area contributed by atoms with E-state index in [4.69, 9.17) is 0 Å². The second-order valence-electron chi connectivity index (χ2n) is 6.91. The van der Waals surface area contributed by atoms with Gasteiger partial charge >= 0.3 is 6.18 Å². The standard InChI is InChI=1S/C15H27F3N2/c1-11(2)13(10-19-14(3,4)5)20-8-6-12(7-9-20)15(16,17)18/h6,11,13,19H,7-10H2,1-5H3. The van der Waals surface area contributed by atoms with E-state index >= 15 is 0 Å². The van der Waals surface area contributed by atoms with Gasteiger partial charge in [0.1, 0.15) is 0 Å². The van der Waals surface area contributed by atoms with Crippen molar-refractivity contribution in [2.24, 2.45) is 5.92 Å². The third-order valence-corrected chi connectivity index (χ3v) is 3.68. The van der Waals surface area contributed by atoms with Crippen molar-refractivity contribution >= 4 is 0 Å². The van der Waals surface area contributed by atoms with E-state index in [1.807, 2.05) is 0 Å². The van der Waals surface area contributed by atoms with Crippen molar-refractivity contribution in [2.75, 3.05) is 19.6 Å². The van der Waals surface area contributed by atoms with Crippen molar-refractivity contribution in [2.45, 2.75) is 58.8 Å². The number of rotatable bonds is 4. The largest absolute Gasteiger partial charge is 0.412 e. The first kappa shape index (κ1) is 17.5. The maximum atomic E-state index is 12.6. The van der Waals surface area contributed by atoms with Gasteiger partial charge in [-0.1, -0.05) is 19.9 Å². The zero-order chi connectivity index (χ0) is 15.6. The Kier molecular flexibility index (Phi) is 5.67. The molecular formula is C15H27F3N2. The van der Waals surface area contributed by atoms with Crippen LogP contribution in [0.4, 0.5) is 13.2 Å². The first-order valence-electron chi connectivity index (χ1n) is 7.26. The molecule has 5 heteroatoms. The number of nitrogens with one attached hydrogen (secondary N) is 1. The fraction of sp³-hybridized carbons (Fsp3) is 0.867. The van der Waals surface area contributed by atoms with Gasteiger partial charge in [0.05, 0.1) is 0 Å². The van der Waals surface area contributed by atoms with Crippen LogP contribution in [0.2, 0.25) is 0 Å². The maximum absolute atomic E-state index is 12.6. The van der Waals surface area contributed by atoms with Gasteiger partial charge in [-0.25, -0.2) is 0 Å². The van der Waals surface area contributed by atoms with Crippen LogP contribution in [0.1, 0.15) is 41.0 Å². The molecule has 1 unspecified atom stereocenters. The zero-order valence-corrected chi connectivity index (χ0v) is 13.1. The summed E-state index contributed by atoms with van der Waals surface area (Å²) in [5.74, 6) is 0.408.